The van der Waals surface area contributed by atoms with E-state index in [4.69, 9.17) is 0 Å². The van der Waals surface area contributed by atoms with Crippen LogP contribution in [-0.4, -0.2) is 6.54 Å². The van der Waals surface area contributed by atoms with Crippen LogP contribution in [0.2, 0.25) is 0 Å². The summed E-state index contributed by atoms with van der Waals surface area (Å²) in [7, 11) is 0. The topological polar surface area (TPSA) is 12.0 Å². The molecule has 3 aromatic rings. The molecule has 3 aromatic carbocycles. The van der Waals surface area contributed by atoms with Gasteiger partial charge in [-0.05, 0) is 53.1 Å². The number of hydrogen-bond acceptors (Lipinski definition) is 1. The largest absolute Gasteiger partial charge is 0.385 e. The van der Waals surface area contributed by atoms with Crippen molar-refractivity contribution in [1.82, 2.24) is 0 Å². The highest BCUT2D eigenvalue weighted by molar-refractivity contribution is 5.76. The molecule has 0 atom stereocenters. The van der Waals surface area contributed by atoms with E-state index in [1.165, 1.54) is 46.3 Å². The molecule has 0 saturated heterocycles. The van der Waals surface area contributed by atoms with Crippen LogP contribution < -0.4 is 5.32 Å². The maximum atomic E-state index is 3.36. The monoisotopic (exact) mass is 299 g/mol. The van der Waals surface area contributed by atoms with Crippen molar-refractivity contribution in [1.29, 1.82) is 0 Å². The molecule has 0 bridgehead atoms. The van der Waals surface area contributed by atoms with Crippen molar-refractivity contribution in [2.24, 2.45) is 0 Å². The van der Waals surface area contributed by atoms with Crippen molar-refractivity contribution in [2.75, 3.05) is 11.9 Å². The number of para-hydroxylation sites is 1. The third-order valence-corrected chi connectivity index (χ3v) is 4.66. The van der Waals surface area contributed by atoms with E-state index in [-0.39, 0.29) is 0 Å². The number of fused-ring (bicyclic) bond motifs is 4. The third-order valence-electron chi connectivity index (χ3n) is 4.66. The highest BCUT2D eigenvalue weighted by atomic mass is 14.9. The van der Waals surface area contributed by atoms with Crippen LogP contribution in [0.1, 0.15) is 23.1 Å². The van der Waals surface area contributed by atoms with Gasteiger partial charge in [-0.3, -0.25) is 0 Å². The summed E-state index contributed by atoms with van der Waals surface area (Å²) in [4.78, 5) is 0. The predicted octanol–water partition coefficient (Wildman–Crippen LogP) is 5.30. The number of rotatable bonds is 0. The summed E-state index contributed by atoms with van der Waals surface area (Å²) >= 11 is 0. The number of aryl methyl sites for hydroxylation is 1. The zero-order chi connectivity index (χ0) is 15.5. The van der Waals surface area contributed by atoms with Crippen molar-refractivity contribution in [3.8, 4) is 11.1 Å². The molecule has 1 aliphatic heterocycles. The second-order valence-electron chi connectivity index (χ2n) is 6.18. The molecule has 0 fully saturated rings. The maximum Gasteiger partial charge on any atom is 0.0372 e. The Kier molecular flexibility index (Phi) is 3.85. The Morgan fingerprint density at radius 2 is 1.17 bits per heavy atom. The van der Waals surface area contributed by atoms with Gasteiger partial charge >= 0.3 is 0 Å². The van der Waals surface area contributed by atoms with E-state index in [9.17, 15) is 0 Å². The molecule has 0 aromatic heterocycles. The van der Waals surface area contributed by atoms with E-state index >= 15 is 0 Å². The van der Waals surface area contributed by atoms with Gasteiger partial charge in [0.25, 0.3) is 0 Å². The smallest absolute Gasteiger partial charge is 0.0372 e. The van der Waals surface area contributed by atoms with E-state index in [1.54, 1.807) is 0 Å². The lowest BCUT2D eigenvalue weighted by molar-refractivity contribution is 0.830. The van der Waals surface area contributed by atoms with Crippen molar-refractivity contribution < 1.29 is 0 Å². The van der Waals surface area contributed by atoms with Gasteiger partial charge in [0.05, 0.1) is 0 Å². The molecule has 0 radical (unpaired) electrons. The normalized spacial score (nSPS) is 13.7. The fraction of sp³-hybridized carbons (Fsp3) is 0.182. The van der Waals surface area contributed by atoms with Gasteiger partial charge in [0.2, 0.25) is 0 Å². The highest BCUT2D eigenvalue weighted by Gasteiger charge is 2.15. The SMILES string of the molecule is c1ccc2c(c1)CCCN2.c1ccc2c(c1)Cc1ccccc1-2. The quantitative estimate of drug-likeness (QED) is 0.464. The van der Waals surface area contributed by atoms with Gasteiger partial charge in [0.1, 0.15) is 0 Å². The highest BCUT2D eigenvalue weighted by Crippen LogP contribution is 2.35. The van der Waals surface area contributed by atoms with Crippen molar-refractivity contribution in [3.63, 3.8) is 0 Å². The first-order valence-corrected chi connectivity index (χ1v) is 8.40. The second-order valence-corrected chi connectivity index (χ2v) is 6.18. The molecule has 1 N–H and O–H groups in total. The van der Waals surface area contributed by atoms with Crippen LogP contribution in [0, 0.1) is 0 Å². The minimum Gasteiger partial charge on any atom is -0.385 e. The van der Waals surface area contributed by atoms with Crippen LogP contribution in [0.5, 0.6) is 0 Å². The first-order chi connectivity index (χ1) is 11.4. The molecular formula is C22H21N. The molecule has 1 aliphatic carbocycles. The van der Waals surface area contributed by atoms with Gasteiger partial charge in [0, 0.05) is 12.2 Å². The lowest BCUT2D eigenvalue weighted by Gasteiger charge is -2.16. The zero-order valence-electron chi connectivity index (χ0n) is 13.3. The molecule has 2 aliphatic rings. The van der Waals surface area contributed by atoms with Crippen LogP contribution in [0.25, 0.3) is 11.1 Å². The molecule has 114 valence electrons. The molecule has 1 heteroatoms. The molecular weight excluding hydrogens is 278 g/mol. The van der Waals surface area contributed by atoms with Gasteiger partial charge in [-0.2, -0.15) is 0 Å². The molecule has 5 rings (SSSR count). The lowest BCUT2D eigenvalue weighted by atomic mass is 10.0. The Labute approximate surface area is 138 Å². The molecule has 0 spiro atoms. The van der Waals surface area contributed by atoms with Crippen molar-refractivity contribution in [2.45, 2.75) is 19.3 Å². The Morgan fingerprint density at radius 1 is 0.609 bits per heavy atom. The van der Waals surface area contributed by atoms with Crippen molar-refractivity contribution in [3.05, 3.63) is 89.5 Å². The van der Waals surface area contributed by atoms with E-state index in [2.05, 4.69) is 78.1 Å². The summed E-state index contributed by atoms with van der Waals surface area (Å²) in [5.74, 6) is 0. The minimum atomic E-state index is 1.10. The summed E-state index contributed by atoms with van der Waals surface area (Å²) in [6.45, 7) is 1.14. The zero-order valence-corrected chi connectivity index (χ0v) is 13.3. The van der Waals surface area contributed by atoms with Gasteiger partial charge in [-0.15, -0.1) is 0 Å². The Hall–Kier alpha value is -2.54. The number of benzene rings is 3. The summed E-state index contributed by atoms with van der Waals surface area (Å²) < 4.78 is 0. The summed E-state index contributed by atoms with van der Waals surface area (Å²) in [5, 5.41) is 3.36. The number of hydrogen-bond donors (Lipinski definition) is 1. The molecule has 0 unspecified atom stereocenters. The van der Waals surface area contributed by atoms with Gasteiger partial charge in [-0.1, -0.05) is 66.7 Å². The van der Waals surface area contributed by atoms with E-state index in [1.807, 2.05) is 0 Å². The van der Waals surface area contributed by atoms with Crippen LogP contribution in [-0.2, 0) is 12.8 Å². The first-order valence-electron chi connectivity index (χ1n) is 8.40. The van der Waals surface area contributed by atoms with Crippen LogP contribution >= 0.6 is 0 Å². The van der Waals surface area contributed by atoms with E-state index in [0.717, 1.165) is 13.0 Å². The molecule has 0 amide bonds. The van der Waals surface area contributed by atoms with Crippen LogP contribution in [0.15, 0.2) is 72.8 Å². The Balaban J connectivity index is 0.000000122. The van der Waals surface area contributed by atoms with Crippen molar-refractivity contribution >= 4 is 5.69 Å². The lowest BCUT2D eigenvalue weighted by Crippen LogP contribution is -2.10. The fourth-order valence-corrected chi connectivity index (χ4v) is 3.49. The standard InChI is InChI=1S/C13H10.C9H11N/c1-3-7-12-10(5-1)9-11-6-2-4-8-13(11)12;1-2-6-9-8(4-1)5-3-7-10-9/h1-8H,9H2;1-2,4,6,10H,3,5,7H2. The molecule has 1 nitrogen and oxygen atoms in total. The third kappa shape index (κ3) is 2.87. The second kappa shape index (κ2) is 6.29. The molecule has 0 saturated carbocycles. The van der Waals surface area contributed by atoms with Crippen LogP contribution in [0.3, 0.4) is 0 Å². The average molecular weight is 299 g/mol. The minimum absolute atomic E-state index is 1.10. The first kappa shape index (κ1) is 14.1. The van der Waals surface area contributed by atoms with Gasteiger partial charge < -0.3 is 5.32 Å². The predicted molar refractivity (Wildman–Crippen MR) is 97.9 cm³/mol. The van der Waals surface area contributed by atoms with Gasteiger partial charge in [-0.25, -0.2) is 0 Å². The maximum absolute atomic E-state index is 3.36. The van der Waals surface area contributed by atoms with E-state index < -0.39 is 0 Å². The average Bonchev–Trinajstić information content (AvgIpc) is 3.01. The summed E-state index contributed by atoms with van der Waals surface area (Å²) in [6, 6.07) is 25.8. The van der Waals surface area contributed by atoms with Crippen LogP contribution in [0.4, 0.5) is 5.69 Å². The van der Waals surface area contributed by atoms with Gasteiger partial charge in [0.15, 0.2) is 0 Å². The Bertz CT molecular complexity index is 751. The molecule has 1 heterocycles. The number of anilines is 1. The summed E-state index contributed by atoms with van der Waals surface area (Å²) in [6.07, 6.45) is 3.62. The molecule has 23 heavy (non-hydrogen) atoms. The van der Waals surface area contributed by atoms with E-state index in [0.29, 0.717) is 0 Å². The fourth-order valence-electron chi connectivity index (χ4n) is 3.49. The Morgan fingerprint density at radius 3 is 1.83 bits per heavy atom. The summed E-state index contributed by atoms with van der Waals surface area (Å²) in [5.41, 5.74) is 8.55. The number of nitrogens with one attached hydrogen (secondary N) is 1.